The number of carbonyl (C=O) groups excluding carboxylic acids is 2. The van der Waals surface area contributed by atoms with Crippen molar-refractivity contribution in [3.8, 4) is 5.69 Å². The molecule has 0 unspecified atom stereocenters. The van der Waals surface area contributed by atoms with Crippen LogP contribution in [0.5, 0.6) is 0 Å². The van der Waals surface area contributed by atoms with E-state index >= 15 is 0 Å². The van der Waals surface area contributed by atoms with Crippen LogP contribution in [0.25, 0.3) is 15.9 Å². The Morgan fingerprint density at radius 1 is 1.09 bits per heavy atom. The van der Waals surface area contributed by atoms with Crippen LogP contribution in [-0.2, 0) is 11.3 Å². The zero-order chi connectivity index (χ0) is 23.0. The Kier molecular flexibility index (Phi) is 5.58. The number of rotatable bonds is 5. The summed E-state index contributed by atoms with van der Waals surface area (Å²) < 4.78 is 16.2. The van der Waals surface area contributed by atoms with Crippen LogP contribution >= 0.6 is 11.3 Å². The van der Waals surface area contributed by atoms with E-state index in [9.17, 15) is 23.6 Å². The molecule has 0 radical (unpaired) electrons. The highest BCUT2D eigenvalue weighted by atomic mass is 32.1. The molecule has 0 saturated heterocycles. The lowest BCUT2D eigenvalue weighted by Gasteiger charge is -2.13. The summed E-state index contributed by atoms with van der Waals surface area (Å²) in [5, 5.41) is 4.34. The quantitative estimate of drug-likeness (QED) is 0.470. The summed E-state index contributed by atoms with van der Waals surface area (Å²) in [7, 11) is 0. The van der Waals surface area contributed by atoms with E-state index < -0.39 is 23.0 Å². The van der Waals surface area contributed by atoms with Crippen molar-refractivity contribution in [2.45, 2.75) is 20.4 Å². The number of aryl methyl sites for hydroxylation is 1. The number of fused-ring (bicyclic) bond motifs is 1. The maximum absolute atomic E-state index is 13.7. The van der Waals surface area contributed by atoms with E-state index in [-0.39, 0.29) is 23.6 Å². The van der Waals surface area contributed by atoms with Crippen molar-refractivity contribution < 1.29 is 14.0 Å². The summed E-state index contributed by atoms with van der Waals surface area (Å²) in [6.07, 6.45) is 0. The molecule has 9 heteroatoms. The smallest absolute Gasteiger partial charge is 0.325 e. The Labute approximate surface area is 185 Å². The number of Topliss-reactive ketones (excluding diaryl/α,β-unsaturated/α-hetero) is 1. The van der Waals surface area contributed by atoms with Crippen LogP contribution in [0.2, 0.25) is 0 Å². The molecular weight excluding hydrogens is 433 g/mol. The monoisotopic (exact) mass is 451 g/mol. The van der Waals surface area contributed by atoms with Crippen LogP contribution in [0.15, 0.2) is 63.5 Å². The van der Waals surface area contributed by atoms with Crippen molar-refractivity contribution in [3.63, 3.8) is 0 Å². The molecule has 0 aliphatic carbocycles. The fraction of sp³-hybridized carbons (Fsp3) is 0.130. The third-order valence-electron chi connectivity index (χ3n) is 5.01. The molecule has 2 aromatic heterocycles. The predicted molar refractivity (Wildman–Crippen MR) is 121 cm³/mol. The summed E-state index contributed by atoms with van der Waals surface area (Å²) in [5.74, 6) is -1.09. The third kappa shape index (κ3) is 3.90. The second-order valence-corrected chi connectivity index (χ2v) is 8.18. The van der Waals surface area contributed by atoms with E-state index in [4.69, 9.17) is 0 Å². The second-order valence-electron chi connectivity index (χ2n) is 7.26. The van der Waals surface area contributed by atoms with Crippen molar-refractivity contribution in [1.82, 2.24) is 9.13 Å². The molecule has 0 aliphatic heterocycles. The largest absolute Gasteiger partial charge is 0.336 e. The number of benzene rings is 2. The summed E-state index contributed by atoms with van der Waals surface area (Å²) in [4.78, 5) is 50.5. The van der Waals surface area contributed by atoms with Crippen molar-refractivity contribution >= 4 is 38.9 Å². The van der Waals surface area contributed by atoms with E-state index in [0.29, 0.717) is 21.5 Å². The zero-order valence-corrected chi connectivity index (χ0v) is 18.0. The molecule has 4 aromatic rings. The standard InChI is InChI=1S/C23H18FN3O4S/c1-13-10-17(6-7-18(13)24)27-22(30)21-19(8-9-32-21)26(23(27)31)12-20(29)25-16-5-3-4-15(11-16)14(2)28/h3-11H,12H2,1-2H3,(H,25,29). The van der Waals surface area contributed by atoms with Gasteiger partial charge in [0.25, 0.3) is 5.56 Å². The molecule has 0 aliphatic rings. The minimum atomic E-state index is -0.709. The van der Waals surface area contributed by atoms with Crippen LogP contribution < -0.4 is 16.6 Å². The first-order chi connectivity index (χ1) is 15.3. The fourth-order valence-electron chi connectivity index (χ4n) is 3.40. The predicted octanol–water partition coefficient (Wildman–Crippen LogP) is 3.50. The number of aromatic nitrogens is 2. The van der Waals surface area contributed by atoms with Gasteiger partial charge >= 0.3 is 5.69 Å². The molecule has 2 heterocycles. The number of nitrogens with zero attached hydrogens (tertiary/aromatic N) is 2. The normalized spacial score (nSPS) is 11.0. The number of halogens is 1. The van der Waals surface area contributed by atoms with Gasteiger partial charge < -0.3 is 5.32 Å². The van der Waals surface area contributed by atoms with Gasteiger partial charge in [0.1, 0.15) is 17.1 Å². The van der Waals surface area contributed by atoms with E-state index in [1.807, 2.05) is 0 Å². The molecule has 0 bridgehead atoms. The fourth-order valence-corrected chi connectivity index (χ4v) is 4.22. The highest BCUT2D eigenvalue weighted by molar-refractivity contribution is 7.17. The van der Waals surface area contributed by atoms with Gasteiger partial charge in [0, 0.05) is 11.3 Å². The first-order valence-corrected chi connectivity index (χ1v) is 10.5. The van der Waals surface area contributed by atoms with Gasteiger partial charge in [-0.15, -0.1) is 11.3 Å². The average Bonchev–Trinajstić information content (AvgIpc) is 3.24. The lowest BCUT2D eigenvalue weighted by Crippen LogP contribution is -2.40. The Balaban J connectivity index is 1.77. The SMILES string of the molecule is CC(=O)c1cccc(NC(=O)Cn2c(=O)n(-c3ccc(F)c(C)c3)c(=O)c3sccc32)c1. The van der Waals surface area contributed by atoms with Gasteiger partial charge in [0.15, 0.2) is 5.78 Å². The van der Waals surface area contributed by atoms with E-state index in [0.717, 1.165) is 15.9 Å². The minimum Gasteiger partial charge on any atom is -0.325 e. The van der Waals surface area contributed by atoms with Gasteiger partial charge in [-0.2, -0.15) is 0 Å². The molecule has 0 atom stereocenters. The summed E-state index contributed by atoms with van der Waals surface area (Å²) in [5.41, 5.74) is 0.469. The molecule has 0 fully saturated rings. The Bertz CT molecular complexity index is 1500. The highest BCUT2D eigenvalue weighted by Gasteiger charge is 2.18. The summed E-state index contributed by atoms with van der Waals surface area (Å²) >= 11 is 1.15. The van der Waals surface area contributed by atoms with Gasteiger partial charge in [-0.25, -0.2) is 13.8 Å². The van der Waals surface area contributed by atoms with Gasteiger partial charge in [-0.05, 0) is 61.2 Å². The topological polar surface area (TPSA) is 90.2 Å². The van der Waals surface area contributed by atoms with Crippen molar-refractivity contribution in [3.05, 3.63) is 91.7 Å². The minimum absolute atomic E-state index is 0.140. The number of hydrogen-bond donors (Lipinski definition) is 1. The van der Waals surface area contributed by atoms with Crippen LogP contribution in [0.3, 0.4) is 0 Å². The molecule has 162 valence electrons. The highest BCUT2D eigenvalue weighted by Crippen LogP contribution is 2.18. The zero-order valence-electron chi connectivity index (χ0n) is 17.2. The number of ketones is 1. The van der Waals surface area contributed by atoms with Gasteiger partial charge in [0.2, 0.25) is 5.91 Å². The number of anilines is 1. The molecule has 4 rings (SSSR count). The maximum Gasteiger partial charge on any atom is 0.336 e. The van der Waals surface area contributed by atoms with E-state index in [1.165, 1.54) is 36.6 Å². The van der Waals surface area contributed by atoms with Crippen molar-refractivity contribution in [1.29, 1.82) is 0 Å². The van der Waals surface area contributed by atoms with Crippen LogP contribution in [-0.4, -0.2) is 20.8 Å². The molecule has 1 N–H and O–H groups in total. The maximum atomic E-state index is 13.7. The lowest BCUT2D eigenvalue weighted by atomic mass is 10.1. The van der Waals surface area contributed by atoms with Gasteiger partial charge in [-0.1, -0.05) is 12.1 Å². The van der Waals surface area contributed by atoms with Crippen molar-refractivity contribution in [2.75, 3.05) is 5.32 Å². The third-order valence-corrected chi connectivity index (χ3v) is 5.90. The van der Waals surface area contributed by atoms with Crippen LogP contribution in [0, 0.1) is 12.7 Å². The average molecular weight is 451 g/mol. The number of carbonyl (C=O) groups is 2. The first kappa shape index (κ1) is 21.4. The van der Waals surface area contributed by atoms with Crippen LogP contribution in [0.1, 0.15) is 22.8 Å². The number of nitrogens with one attached hydrogen (secondary N) is 1. The first-order valence-electron chi connectivity index (χ1n) is 9.66. The molecular formula is C23H18FN3O4S. The second kappa shape index (κ2) is 8.35. The van der Waals surface area contributed by atoms with E-state index in [2.05, 4.69) is 5.32 Å². The number of amides is 1. The molecule has 1 amide bonds. The Morgan fingerprint density at radius 2 is 1.88 bits per heavy atom. The summed E-state index contributed by atoms with van der Waals surface area (Å²) in [6, 6.07) is 12.0. The molecule has 2 aromatic carbocycles. The molecule has 0 saturated carbocycles. The Morgan fingerprint density at radius 3 is 2.59 bits per heavy atom. The van der Waals surface area contributed by atoms with Crippen molar-refractivity contribution in [2.24, 2.45) is 0 Å². The van der Waals surface area contributed by atoms with Gasteiger partial charge in [-0.3, -0.25) is 19.0 Å². The summed E-state index contributed by atoms with van der Waals surface area (Å²) in [6.45, 7) is 2.61. The molecule has 0 spiro atoms. The van der Waals surface area contributed by atoms with Crippen LogP contribution in [0.4, 0.5) is 10.1 Å². The lowest BCUT2D eigenvalue weighted by molar-refractivity contribution is -0.116. The Hall–Kier alpha value is -3.85. The van der Waals surface area contributed by atoms with Gasteiger partial charge in [0.05, 0.1) is 11.2 Å². The molecule has 32 heavy (non-hydrogen) atoms. The number of thiophene rings is 1. The molecule has 7 nitrogen and oxygen atoms in total. The number of hydrogen-bond acceptors (Lipinski definition) is 5. The van der Waals surface area contributed by atoms with E-state index in [1.54, 1.807) is 35.7 Å².